The molecule has 1 aliphatic heterocycles. The molecule has 0 spiro atoms. The number of rotatable bonds is 14. The van der Waals surface area contributed by atoms with E-state index in [9.17, 15) is 14.4 Å². The molecule has 1 aliphatic rings. The summed E-state index contributed by atoms with van der Waals surface area (Å²) < 4.78 is 15.6. The van der Waals surface area contributed by atoms with Crippen LogP contribution in [0.5, 0.6) is 0 Å². The fourth-order valence-corrected chi connectivity index (χ4v) is 2.11. The van der Waals surface area contributed by atoms with Crippen LogP contribution in [0, 0.1) is 0 Å². The van der Waals surface area contributed by atoms with E-state index in [1.807, 2.05) is 0 Å². The van der Waals surface area contributed by atoms with Gasteiger partial charge in [0, 0.05) is 18.6 Å². The quantitative estimate of drug-likeness (QED) is 0.270. The minimum Gasteiger partial charge on any atom is -0.463 e. The third kappa shape index (κ3) is 8.79. The van der Waals surface area contributed by atoms with Crippen molar-refractivity contribution in [3.8, 4) is 0 Å². The van der Waals surface area contributed by atoms with E-state index in [2.05, 4.69) is 6.92 Å². The van der Waals surface area contributed by atoms with Gasteiger partial charge in [-0.05, 0) is 6.42 Å². The Hall–Kier alpha value is -1.73. The highest BCUT2D eigenvalue weighted by atomic mass is 16.6. The van der Waals surface area contributed by atoms with Crippen LogP contribution in [-0.2, 0) is 28.6 Å². The first kappa shape index (κ1) is 20.3. The molecule has 136 valence electrons. The number of carbonyl (C=O) groups excluding carboxylic acids is 3. The molecule has 7 heteroatoms. The van der Waals surface area contributed by atoms with Gasteiger partial charge in [-0.2, -0.15) is 0 Å². The van der Waals surface area contributed by atoms with Crippen LogP contribution in [0.1, 0.15) is 39.0 Å². The van der Waals surface area contributed by atoms with Crippen LogP contribution >= 0.6 is 0 Å². The monoisotopic (exact) mass is 341 g/mol. The van der Waals surface area contributed by atoms with E-state index in [-0.39, 0.29) is 37.5 Å². The predicted octanol–water partition coefficient (Wildman–Crippen LogP) is 1.46. The van der Waals surface area contributed by atoms with Crippen molar-refractivity contribution in [1.29, 1.82) is 0 Å². The summed E-state index contributed by atoms with van der Waals surface area (Å²) in [6.07, 6.45) is 7.18. The molecule has 0 aromatic carbocycles. The van der Waals surface area contributed by atoms with Gasteiger partial charge in [0.1, 0.15) is 6.61 Å². The van der Waals surface area contributed by atoms with Gasteiger partial charge in [0.25, 0.3) is 11.8 Å². The molecule has 0 atom stereocenters. The lowest BCUT2D eigenvalue weighted by atomic mass is 10.2. The van der Waals surface area contributed by atoms with Crippen molar-refractivity contribution in [3.05, 3.63) is 12.2 Å². The van der Waals surface area contributed by atoms with Crippen molar-refractivity contribution in [1.82, 2.24) is 4.90 Å². The molecule has 24 heavy (non-hydrogen) atoms. The molecule has 1 heterocycles. The second-order valence-electron chi connectivity index (χ2n) is 5.42. The maximum atomic E-state index is 11.4. The summed E-state index contributed by atoms with van der Waals surface area (Å²) >= 11 is 0. The van der Waals surface area contributed by atoms with Crippen LogP contribution in [0.3, 0.4) is 0 Å². The average molecular weight is 341 g/mol. The zero-order valence-electron chi connectivity index (χ0n) is 14.3. The first-order chi connectivity index (χ1) is 11.6. The number of esters is 1. The number of hydrogen-bond acceptors (Lipinski definition) is 6. The normalized spacial score (nSPS) is 13.8. The Bertz CT molecular complexity index is 417. The van der Waals surface area contributed by atoms with Crippen molar-refractivity contribution in [2.45, 2.75) is 39.0 Å². The number of imide groups is 1. The minimum atomic E-state index is -0.309. The molecule has 0 aromatic heterocycles. The Balaban J connectivity index is 1.84. The van der Waals surface area contributed by atoms with Gasteiger partial charge < -0.3 is 14.2 Å². The second-order valence-corrected chi connectivity index (χ2v) is 5.42. The van der Waals surface area contributed by atoms with E-state index in [4.69, 9.17) is 14.2 Å². The molecule has 7 nitrogen and oxygen atoms in total. The summed E-state index contributed by atoms with van der Waals surface area (Å²) in [4.78, 5) is 35.1. The summed E-state index contributed by atoms with van der Waals surface area (Å²) in [5.41, 5.74) is 0. The number of amides is 2. The largest absolute Gasteiger partial charge is 0.463 e. The third-order valence-electron chi connectivity index (χ3n) is 3.46. The molecular weight excluding hydrogens is 314 g/mol. The smallest absolute Gasteiger partial charge is 0.305 e. The average Bonchev–Trinajstić information content (AvgIpc) is 2.89. The topological polar surface area (TPSA) is 82.1 Å². The predicted molar refractivity (Wildman–Crippen MR) is 87.2 cm³/mol. The summed E-state index contributed by atoms with van der Waals surface area (Å²) in [5, 5.41) is 0. The van der Waals surface area contributed by atoms with Crippen molar-refractivity contribution in [2.24, 2.45) is 0 Å². The standard InChI is InChI=1S/C17H27NO6/c1-2-3-4-5-6-17(21)24-14-13-23-12-11-22-10-9-18-15(19)7-8-16(18)20/h7-8H,2-6,9-14H2,1H3. The maximum absolute atomic E-state index is 11.4. The lowest BCUT2D eigenvalue weighted by Gasteiger charge is -2.13. The highest BCUT2D eigenvalue weighted by molar-refractivity contribution is 6.12. The van der Waals surface area contributed by atoms with E-state index in [0.717, 1.165) is 30.6 Å². The van der Waals surface area contributed by atoms with Gasteiger partial charge in [-0.3, -0.25) is 19.3 Å². The first-order valence-corrected chi connectivity index (χ1v) is 8.49. The van der Waals surface area contributed by atoms with E-state index < -0.39 is 0 Å². The SMILES string of the molecule is CCCCCCC(=O)OCCOCCOCCN1C(=O)C=CC1=O. The van der Waals surface area contributed by atoms with Crippen LogP contribution in [0.2, 0.25) is 0 Å². The van der Waals surface area contributed by atoms with Crippen molar-refractivity contribution in [2.75, 3.05) is 39.6 Å². The van der Waals surface area contributed by atoms with E-state index in [0.29, 0.717) is 26.2 Å². The van der Waals surface area contributed by atoms with Gasteiger partial charge in [-0.25, -0.2) is 0 Å². The number of carbonyl (C=O) groups is 3. The molecule has 0 radical (unpaired) electrons. The fraction of sp³-hybridized carbons (Fsp3) is 0.706. The Morgan fingerprint density at radius 1 is 0.917 bits per heavy atom. The number of hydrogen-bond donors (Lipinski definition) is 0. The zero-order chi connectivity index (χ0) is 17.6. The van der Waals surface area contributed by atoms with Crippen molar-refractivity contribution >= 4 is 17.8 Å². The summed E-state index contributed by atoms with van der Waals surface area (Å²) in [5.74, 6) is -0.799. The third-order valence-corrected chi connectivity index (χ3v) is 3.46. The molecule has 1 rings (SSSR count). The van der Waals surface area contributed by atoms with E-state index >= 15 is 0 Å². The molecular formula is C17H27NO6. The maximum Gasteiger partial charge on any atom is 0.305 e. The molecule has 0 N–H and O–H groups in total. The molecule has 0 unspecified atom stereocenters. The number of ether oxygens (including phenoxy) is 3. The van der Waals surface area contributed by atoms with Gasteiger partial charge in [0.05, 0.1) is 33.0 Å². The summed E-state index contributed by atoms with van der Waals surface area (Å²) in [6.45, 7) is 3.94. The Morgan fingerprint density at radius 2 is 1.54 bits per heavy atom. The van der Waals surface area contributed by atoms with Crippen LogP contribution < -0.4 is 0 Å². The number of unbranched alkanes of at least 4 members (excludes halogenated alkanes) is 3. The minimum absolute atomic E-state index is 0.181. The van der Waals surface area contributed by atoms with Crippen molar-refractivity contribution in [3.63, 3.8) is 0 Å². The van der Waals surface area contributed by atoms with Gasteiger partial charge in [0.2, 0.25) is 0 Å². The molecule has 0 aliphatic carbocycles. The molecule has 0 bridgehead atoms. The van der Waals surface area contributed by atoms with Crippen molar-refractivity contribution < 1.29 is 28.6 Å². The number of nitrogens with zero attached hydrogens (tertiary/aromatic N) is 1. The van der Waals surface area contributed by atoms with E-state index in [1.54, 1.807) is 0 Å². The zero-order valence-corrected chi connectivity index (χ0v) is 14.3. The summed E-state index contributed by atoms with van der Waals surface area (Å²) in [7, 11) is 0. The van der Waals surface area contributed by atoms with Gasteiger partial charge in [0.15, 0.2) is 0 Å². The highest BCUT2D eigenvalue weighted by Gasteiger charge is 2.22. The fourth-order valence-electron chi connectivity index (χ4n) is 2.11. The molecule has 0 saturated carbocycles. The van der Waals surface area contributed by atoms with Crippen LogP contribution in [0.25, 0.3) is 0 Å². The molecule has 0 fully saturated rings. The second kappa shape index (κ2) is 12.7. The van der Waals surface area contributed by atoms with Crippen LogP contribution in [0.4, 0.5) is 0 Å². The van der Waals surface area contributed by atoms with Crippen LogP contribution in [0.15, 0.2) is 12.2 Å². The molecule has 2 amide bonds. The van der Waals surface area contributed by atoms with Gasteiger partial charge in [-0.1, -0.05) is 26.2 Å². The Kier molecular flexibility index (Phi) is 10.7. The first-order valence-electron chi connectivity index (χ1n) is 8.49. The van der Waals surface area contributed by atoms with Gasteiger partial charge >= 0.3 is 5.97 Å². The molecule has 0 aromatic rings. The Morgan fingerprint density at radius 3 is 2.21 bits per heavy atom. The lowest BCUT2D eigenvalue weighted by molar-refractivity contribution is -0.145. The summed E-state index contributed by atoms with van der Waals surface area (Å²) in [6, 6.07) is 0. The molecule has 0 saturated heterocycles. The van der Waals surface area contributed by atoms with Crippen LogP contribution in [-0.4, -0.2) is 62.3 Å². The van der Waals surface area contributed by atoms with Gasteiger partial charge in [-0.15, -0.1) is 0 Å². The Labute approximate surface area is 142 Å². The van der Waals surface area contributed by atoms with E-state index in [1.165, 1.54) is 12.2 Å². The lowest BCUT2D eigenvalue weighted by Crippen LogP contribution is -2.33. The highest BCUT2D eigenvalue weighted by Crippen LogP contribution is 2.03.